The molecule has 2 aromatic rings. The molecule has 3 rings (SSSR count). The van der Waals surface area contributed by atoms with Crippen LogP contribution in [0.4, 0.5) is 10.1 Å². The third-order valence-electron chi connectivity index (χ3n) is 4.44. The van der Waals surface area contributed by atoms with Crippen LogP contribution in [0.5, 0.6) is 0 Å². The summed E-state index contributed by atoms with van der Waals surface area (Å²) in [5, 5.41) is 2.86. The SMILES string of the molecule is Cc1cc(C)cc(NC(=O)[C@@H]2OCC(=O)N(C)[C@@H]2c2ccc(F)cc2)c1. The van der Waals surface area contributed by atoms with Crippen molar-refractivity contribution in [2.45, 2.75) is 26.0 Å². The minimum absolute atomic E-state index is 0.168. The summed E-state index contributed by atoms with van der Waals surface area (Å²) in [7, 11) is 1.62. The zero-order chi connectivity index (χ0) is 18.8. The first-order valence-corrected chi connectivity index (χ1v) is 8.37. The van der Waals surface area contributed by atoms with Crippen molar-refractivity contribution < 1.29 is 18.7 Å². The number of hydrogen-bond donors (Lipinski definition) is 1. The van der Waals surface area contributed by atoms with Gasteiger partial charge in [-0.25, -0.2) is 4.39 Å². The molecule has 1 saturated heterocycles. The highest BCUT2D eigenvalue weighted by Gasteiger charge is 2.40. The number of anilines is 1. The van der Waals surface area contributed by atoms with Gasteiger partial charge in [0.1, 0.15) is 12.4 Å². The van der Waals surface area contributed by atoms with Gasteiger partial charge in [-0.05, 0) is 54.8 Å². The summed E-state index contributed by atoms with van der Waals surface area (Å²) in [5.74, 6) is -0.950. The molecule has 0 unspecified atom stereocenters. The number of amides is 2. The van der Waals surface area contributed by atoms with Crippen molar-refractivity contribution in [3.63, 3.8) is 0 Å². The standard InChI is InChI=1S/C20H21FN2O3/c1-12-8-13(2)10-16(9-12)22-20(25)19-18(23(3)17(24)11-26-19)14-4-6-15(21)7-5-14/h4-10,18-19H,11H2,1-3H3,(H,22,25)/t18-,19-/m1/s1. The molecule has 1 N–H and O–H groups in total. The molecule has 26 heavy (non-hydrogen) atoms. The quantitative estimate of drug-likeness (QED) is 0.920. The summed E-state index contributed by atoms with van der Waals surface area (Å²) in [6.07, 6.45) is -0.885. The van der Waals surface area contributed by atoms with E-state index in [1.165, 1.54) is 17.0 Å². The Bertz CT molecular complexity index is 815. The molecule has 1 fully saturated rings. The lowest BCUT2D eigenvalue weighted by molar-refractivity contribution is -0.160. The number of carbonyl (C=O) groups excluding carboxylic acids is 2. The number of nitrogens with one attached hydrogen (secondary N) is 1. The molecule has 6 heteroatoms. The minimum Gasteiger partial charge on any atom is -0.356 e. The fraction of sp³-hybridized carbons (Fsp3) is 0.300. The molecule has 0 aliphatic carbocycles. The average Bonchev–Trinajstić information content (AvgIpc) is 2.57. The van der Waals surface area contributed by atoms with Crippen molar-refractivity contribution in [1.82, 2.24) is 4.90 Å². The predicted octanol–water partition coefficient (Wildman–Crippen LogP) is 2.98. The van der Waals surface area contributed by atoms with E-state index >= 15 is 0 Å². The molecule has 5 nitrogen and oxygen atoms in total. The van der Waals surface area contributed by atoms with Crippen molar-refractivity contribution in [3.05, 3.63) is 65.0 Å². The highest BCUT2D eigenvalue weighted by molar-refractivity contribution is 5.96. The monoisotopic (exact) mass is 356 g/mol. The van der Waals surface area contributed by atoms with Crippen molar-refractivity contribution >= 4 is 17.5 Å². The molecular weight excluding hydrogens is 335 g/mol. The van der Waals surface area contributed by atoms with E-state index in [0.29, 0.717) is 11.3 Å². The minimum atomic E-state index is -0.885. The van der Waals surface area contributed by atoms with Gasteiger partial charge in [-0.2, -0.15) is 0 Å². The maximum absolute atomic E-state index is 13.3. The van der Waals surface area contributed by atoms with Crippen LogP contribution in [0.2, 0.25) is 0 Å². The van der Waals surface area contributed by atoms with Crippen molar-refractivity contribution in [2.75, 3.05) is 19.0 Å². The second-order valence-corrected chi connectivity index (χ2v) is 6.60. The van der Waals surface area contributed by atoms with Crippen LogP contribution in [0.25, 0.3) is 0 Å². The van der Waals surface area contributed by atoms with E-state index in [9.17, 15) is 14.0 Å². The molecular formula is C20H21FN2O3. The molecule has 2 atom stereocenters. The maximum atomic E-state index is 13.3. The summed E-state index contributed by atoms with van der Waals surface area (Å²) in [4.78, 5) is 26.4. The molecule has 0 radical (unpaired) electrons. The largest absolute Gasteiger partial charge is 0.356 e. The second-order valence-electron chi connectivity index (χ2n) is 6.60. The van der Waals surface area contributed by atoms with E-state index in [1.807, 2.05) is 32.0 Å². The molecule has 0 spiro atoms. The molecule has 0 aromatic heterocycles. The number of morpholine rings is 1. The van der Waals surface area contributed by atoms with E-state index < -0.39 is 12.1 Å². The van der Waals surface area contributed by atoms with E-state index in [2.05, 4.69) is 5.32 Å². The Kier molecular flexibility index (Phi) is 5.04. The van der Waals surface area contributed by atoms with Crippen LogP contribution in [0.3, 0.4) is 0 Å². The number of nitrogens with zero attached hydrogens (tertiary/aromatic N) is 1. The van der Waals surface area contributed by atoms with Gasteiger partial charge in [0.15, 0.2) is 6.10 Å². The number of ether oxygens (including phenoxy) is 1. The third-order valence-corrected chi connectivity index (χ3v) is 4.44. The van der Waals surface area contributed by atoms with Gasteiger partial charge in [0, 0.05) is 12.7 Å². The van der Waals surface area contributed by atoms with Gasteiger partial charge in [-0.1, -0.05) is 18.2 Å². The molecule has 136 valence electrons. The van der Waals surface area contributed by atoms with Gasteiger partial charge in [0.05, 0.1) is 6.04 Å². The van der Waals surface area contributed by atoms with Crippen molar-refractivity contribution in [1.29, 1.82) is 0 Å². The Hall–Kier alpha value is -2.73. The van der Waals surface area contributed by atoms with Crippen LogP contribution >= 0.6 is 0 Å². The first-order chi connectivity index (χ1) is 12.3. The summed E-state index contributed by atoms with van der Waals surface area (Å²) in [6, 6.07) is 10.9. The Morgan fingerprint density at radius 1 is 1.15 bits per heavy atom. The summed E-state index contributed by atoms with van der Waals surface area (Å²) in [6.45, 7) is 3.74. The normalized spacial score (nSPS) is 20.2. The Morgan fingerprint density at radius 2 is 1.77 bits per heavy atom. The summed E-state index contributed by atoms with van der Waals surface area (Å²) >= 11 is 0. The van der Waals surface area contributed by atoms with E-state index in [1.54, 1.807) is 19.2 Å². The highest BCUT2D eigenvalue weighted by Crippen LogP contribution is 2.30. The zero-order valence-corrected chi connectivity index (χ0v) is 15.0. The fourth-order valence-corrected chi connectivity index (χ4v) is 3.25. The van der Waals surface area contributed by atoms with Crippen LogP contribution in [0.15, 0.2) is 42.5 Å². The van der Waals surface area contributed by atoms with Gasteiger partial charge < -0.3 is 15.0 Å². The van der Waals surface area contributed by atoms with Crippen LogP contribution in [-0.2, 0) is 14.3 Å². The number of likely N-dealkylation sites (N-methyl/N-ethyl adjacent to an activating group) is 1. The van der Waals surface area contributed by atoms with Gasteiger partial charge in [0.25, 0.3) is 5.91 Å². The maximum Gasteiger partial charge on any atom is 0.256 e. The van der Waals surface area contributed by atoms with Gasteiger partial charge in [0.2, 0.25) is 5.91 Å². The smallest absolute Gasteiger partial charge is 0.256 e. The van der Waals surface area contributed by atoms with E-state index in [-0.39, 0.29) is 24.2 Å². The Balaban J connectivity index is 1.88. The van der Waals surface area contributed by atoms with Crippen LogP contribution in [0, 0.1) is 19.7 Å². The number of halogens is 1. The van der Waals surface area contributed by atoms with Crippen molar-refractivity contribution in [2.24, 2.45) is 0 Å². The zero-order valence-electron chi connectivity index (χ0n) is 15.0. The first-order valence-electron chi connectivity index (χ1n) is 8.37. The predicted molar refractivity (Wildman–Crippen MR) is 96.2 cm³/mol. The Morgan fingerprint density at radius 3 is 2.38 bits per heavy atom. The lowest BCUT2D eigenvalue weighted by atomic mass is 9.97. The molecule has 1 heterocycles. The molecule has 1 aliphatic heterocycles. The summed E-state index contributed by atoms with van der Waals surface area (Å²) in [5.41, 5.74) is 3.38. The van der Waals surface area contributed by atoms with E-state index in [0.717, 1.165) is 11.1 Å². The van der Waals surface area contributed by atoms with Crippen LogP contribution in [0.1, 0.15) is 22.7 Å². The molecule has 2 aromatic carbocycles. The average molecular weight is 356 g/mol. The second kappa shape index (κ2) is 7.25. The number of rotatable bonds is 3. The highest BCUT2D eigenvalue weighted by atomic mass is 19.1. The fourth-order valence-electron chi connectivity index (χ4n) is 3.25. The first kappa shape index (κ1) is 18.1. The van der Waals surface area contributed by atoms with Crippen LogP contribution in [-0.4, -0.2) is 36.5 Å². The molecule has 2 amide bonds. The van der Waals surface area contributed by atoms with Gasteiger partial charge in [-0.15, -0.1) is 0 Å². The van der Waals surface area contributed by atoms with Crippen LogP contribution < -0.4 is 5.32 Å². The van der Waals surface area contributed by atoms with Gasteiger partial charge >= 0.3 is 0 Å². The van der Waals surface area contributed by atoms with Crippen molar-refractivity contribution in [3.8, 4) is 0 Å². The molecule has 1 aliphatic rings. The summed E-state index contributed by atoms with van der Waals surface area (Å²) < 4.78 is 18.8. The lowest BCUT2D eigenvalue weighted by Crippen LogP contribution is -2.51. The van der Waals surface area contributed by atoms with E-state index in [4.69, 9.17) is 4.74 Å². The molecule has 0 bridgehead atoms. The third kappa shape index (κ3) is 3.75. The lowest BCUT2D eigenvalue weighted by Gasteiger charge is -2.38. The van der Waals surface area contributed by atoms with Gasteiger partial charge in [-0.3, -0.25) is 9.59 Å². The Labute approximate surface area is 151 Å². The number of hydrogen-bond acceptors (Lipinski definition) is 3. The number of benzene rings is 2. The molecule has 0 saturated carbocycles. The topological polar surface area (TPSA) is 58.6 Å². The number of carbonyl (C=O) groups is 2. The number of aryl methyl sites for hydroxylation is 2.